The van der Waals surface area contributed by atoms with Crippen LogP contribution in [0.2, 0.25) is 0 Å². The summed E-state index contributed by atoms with van der Waals surface area (Å²) >= 11 is 0. The van der Waals surface area contributed by atoms with Crippen LogP contribution in [0.25, 0.3) is 0 Å². The fraction of sp³-hybridized carbons (Fsp3) is 0.600. The molecule has 1 heterocycles. The van der Waals surface area contributed by atoms with Crippen molar-refractivity contribution in [3.05, 3.63) is 22.5 Å². The summed E-state index contributed by atoms with van der Waals surface area (Å²) in [6.45, 7) is 8.74. The monoisotopic (exact) mass is 280 g/mol. The number of Topliss-reactive ketones (excluding diaryl/α,β-unsaturated/α-hetero) is 1. The Kier molecular flexibility index (Phi) is 4.76. The number of amides is 1. The molecule has 0 saturated carbocycles. The second-order valence-corrected chi connectivity index (χ2v) is 5.86. The Morgan fingerprint density at radius 1 is 1.35 bits per heavy atom. The maximum atomic E-state index is 12.5. The van der Waals surface area contributed by atoms with Gasteiger partial charge < -0.3 is 15.0 Å². The van der Waals surface area contributed by atoms with Crippen molar-refractivity contribution in [1.29, 1.82) is 0 Å². The van der Waals surface area contributed by atoms with Crippen LogP contribution in [0.3, 0.4) is 0 Å². The number of carbonyl (C=O) groups excluding carboxylic acids is 2. The summed E-state index contributed by atoms with van der Waals surface area (Å²) in [5.74, 6) is -0.251. The number of rotatable bonds is 5. The molecule has 0 saturated heterocycles. The van der Waals surface area contributed by atoms with Gasteiger partial charge in [-0.2, -0.15) is 0 Å². The van der Waals surface area contributed by atoms with Crippen LogP contribution in [0.15, 0.2) is 0 Å². The van der Waals surface area contributed by atoms with Crippen molar-refractivity contribution in [2.75, 3.05) is 13.6 Å². The van der Waals surface area contributed by atoms with E-state index in [1.54, 1.807) is 27.8 Å². The summed E-state index contributed by atoms with van der Waals surface area (Å²) in [6, 6.07) is 0. The number of aliphatic hydroxyl groups is 1. The van der Waals surface area contributed by atoms with E-state index in [4.69, 9.17) is 0 Å². The second-order valence-electron chi connectivity index (χ2n) is 5.86. The average Bonchev–Trinajstić information content (AvgIpc) is 2.62. The molecule has 0 aliphatic rings. The quantitative estimate of drug-likeness (QED) is 0.809. The number of likely N-dealkylation sites (N-methyl/N-ethyl adjacent to an activating group) is 1. The van der Waals surface area contributed by atoms with Crippen molar-refractivity contribution in [2.24, 2.45) is 0 Å². The molecule has 5 nitrogen and oxygen atoms in total. The molecule has 112 valence electrons. The number of aryl methyl sites for hydroxylation is 1. The van der Waals surface area contributed by atoms with E-state index in [1.165, 1.54) is 11.8 Å². The van der Waals surface area contributed by atoms with E-state index >= 15 is 0 Å². The number of H-pyrrole nitrogens is 1. The van der Waals surface area contributed by atoms with Crippen LogP contribution in [0, 0.1) is 6.92 Å². The maximum absolute atomic E-state index is 12.5. The highest BCUT2D eigenvalue weighted by Crippen LogP contribution is 2.22. The number of ketones is 1. The molecule has 0 unspecified atom stereocenters. The Bertz CT molecular complexity index is 524. The molecule has 0 aliphatic carbocycles. The van der Waals surface area contributed by atoms with E-state index in [1.807, 2.05) is 6.92 Å². The first-order chi connectivity index (χ1) is 9.08. The summed E-state index contributed by atoms with van der Waals surface area (Å²) in [6.07, 6.45) is 0.608. The minimum Gasteiger partial charge on any atom is -0.389 e. The van der Waals surface area contributed by atoms with E-state index in [2.05, 4.69) is 4.98 Å². The van der Waals surface area contributed by atoms with Gasteiger partial charge in [-0.25, -0.2) is 0 Å². The summed E-state index contributed by atoms with van der Waals surface area (Å²) in [4.78, 5) is 28.6. The van der Waals surface area contributed by atoms with Gasteiger partial charge in [0.25, 0.3) is 5.91 Å². The Labute approximate surface area is 120 Å². The predicted octanol–water partition coefficient (Wildman–Crippen LogP) is 1.93. The normalized spacial score (nSPS) is 11.6. The smallest absolute Gasteiger partial charge is 0.270 e. The molecule has 1 aromatic rings. The number of hydrogen-bond acceptors (Lipinski definition) is 3. The molecule has 0 spiro atoms. The number of aromatic nitrogens is 1. The third-order valence-electron chi connectivity index (χ3n) is 3.18. The van der Waals surface area contributed by atoms with Crippen LogP contribution in [0.4, 0.5) is 0 Å². The van der Waals surface area contributed by atoms with Gasteiger partial charge in [-0.1, -0.05) is 6.92 Å². The van der Waals surface area contributed by atoms with Crippen molar-refractivity contribution >= 4 is 11.7 Å². The molecule has 0 atom stereocenters. The Balaban J connectivity index is 3.17. The zero-order valence-corrected chi connectivity index (χ0v) is 13.1. The lowest BCUT2D eigenvalue weighted by Gasteiger charge is -2.25. The molecule has 1 amide bonds. The topological polar surface area (TPSA) is 73.4 Å². The third kappa shape index (κ3) is 3.48. The van der Waals surface area contributed by atoms with Gasteiger partial charge in [0.2, 0.25) is 0 Å². The molecule has 0 fully saturated rings. The van der Waals surface area contributed by atoms with Crippen molar-refractivity contribution in [3.8, 4) is 0 Å². The highest BCUT2D eigenvalue weighted by atomic mass is 16.3. The highest BCUT2D eigenvalue weighted by molar-refractivity contribution is 6.02. The summed E-state index contributed by atoms with van der Waals surface area (Å²) < 4.78 is 0. The summed E-state index contributed by atoms with van der Waals surface area (Å²) in [5.41, 5.74) is 1.56. The molecule has 0 aliphatic heterocycles. The van der Waals surface area contributed by atoms with Gasteiger partial charge in [0.05, 0.1) is 5.60 Å². The van der Waals surface area contributed by atoms with Gasteiger partial charge >= 0.3 is 0 Å². The van der Waals surface area contributed by atoms with Gasteiger partial charge in [0.1, 0.15) is 5.69 Å². The lowest BCUT2D eigenvalue weighted by molar-refractivity contribution is 0.0364. The second kappa shape index (κ2) is 5.79. The summed E-state index contributed by atoms with van der Waals surface area (Å²) in [7, 11) is 1.64. The zero-order valence-electron chi connectivity index (χ0n) is 13.1. The lowest BCUT2D eigenvalue weighted by Crippen LogP contribution is -2.40. The van der Waals surface area contributed by atoms with Crippen LogP contribution in [0.1, 0.15) is 59.8 Å². The first-order valence-electron chi connectivity index (χ1n) is 6.78. The largest absolute Gasteiger partial charge is 0.389 e. The Morgan fingerprint density at radius 3 is 2.30 bits per heavy atom. The lowest BCUT2D eigenvalue weighted by atomic mass is 10.0. The number of aromatic amines is 1. The minimum atomic E-state index is -0.957. The number of hydrogen-bond donors (Lipinski definition) is 2. The van der Waals surface area contributed by atoms with Crippen molar-refractivity contribution < 1.29 is 14.7 Å². The van der Waals surface area contributed by atoms with Crippen molar-refractivity contribution in [1.82, 2.24) is 9.88 Å². The molecular weight excluding hydrogens is 256 g/mol. The van der Waals surface area contributed by atoms with E-state index < -0.39 is 5.60 Å². The van der Waals surface area contributed by atoms with Gasteiger partial charge in [-0.05, 0) is 39.7 Å². The van der Waals surface area contributed by atoms with Crippen LogP contribution >= 0.6 is 0 Å². The summed E-state index contributed by atoms with van der Waals surface area (Å²) in [5, 5.41) is 9.80. The molecule has 1 aromatic heterocycles. The van der Waals surface area contributed by atoms with E-state index in [-0.39, 0.29) is 18.2 Å². The maximum Gasteiger partial charge on any atom is 0.270 e. The standard InChI is InChI=1S/C15H24N2O3/c1-7-11-12(10(3)18)9(2)16-13(11)14(19)17(6)8-15(4,5)20/h16,20H,7-8H2,1-6H3. The third-order valence-corrected chi connectivity index (χ3v) is 3.18. The number of carbonyl (C=O) groups is 2. The van der Waals surface area contributed by atoms with Gasteiger partial charge in [0, 0.05) is 24.8 Å². The molecule has 5 heteroatoms. The number of nitrogens with one attached hydrogen (secondary N) is 1. The first kappa shape index (κ1) is 16.4. The fourth-order valence-corrected chi connectivity index (χ4v) is 2.53. The molecule has 0 radical (unpaired) electrons. The SMILES string of the molecule is CCc1c(C(=O)N(C)CC(C)(C)O)[nH]c(C)c1C(C)=O. The Morgan fingerprint density at radius 2 is 1.90 bits per heavy atom. The molecule has 0 bridgehead atoms. The molecule has 2 N–H and O–H groups in total. The molecule has 1 rings (SSSR count). The van der Waals surface area contributed by atoms with E-state index in [0.29, 0.717) is 23.4 Å². The minimum absolute atomic E-state index is 0.0419. The molecular formula is C15H24N2O3. The van der Waals surface area contributed by atoms with E-state index in [0.717, 1.165) is 5.56 Å². The van der Waals surface area contributed by atoms with Gasteiger partial charge in [-0.15, -0.1) is 0 Å². The average molecular weight is 280 g/mol. The van der Waals surface area contributed by atoms with E-state index in [9.17, 15) is 14.7 Å². The van der Waals surface area contributed by atoms with Crippen molar-refractivity contribution in [3.63, 3.8) is 0 Å². The highest BCUT2D eigenvalue weighted by Gasteiger charge is 2.26. The Hall–Kier alpha value is -1.62. The first-order valence-corrected chi connectivity index (χ1v) is 6.78. The van der Waals surface area contributed by atoms with Crippen molar-refractivity contribution in [2.45, 2.75) is 46.6 Å². The van der Waals surface area contributed by atoms with Crippen LogP contribution in [-0.2, 0) is 6.42 Å². The van der Waals surface area contributed by atoms with Crippen LogP contribution in [-0.4, -0.2) is 45.9 Å². The molecule has 20 heavy (non-hydrogen) atoms. The zero-order chi connectivity index (χ0) is 15.7. The molecule has 0 aromatic carbocycles. The van der Waals surface area contributed by atoms with Gasteiger partial charge in [0.15, 0.2) is 5.78 Å². The van der Waals surface area contributed by atoms with Crippen LogP contribution in [0.5, 0.6) is 0 Å². The fourth-order valence-electron chi connectivity index (χ4n) is 2.53. The number of nitrogens with zero attached hydrogens (tertiary/aromatic N) is 1. The van der Waals surface area contributed by atoms with Crippen LogP contribution < -0.4 is 0 Å². The predicted molar refractivity (Wildman–Crippen MR) is 78.2 cm³/mol. The van der Waals surface area contributed by atoms with Gasteiger partial charge in [-0.3, -0.25) is 9.59 Å².